The van der Waals surface area contributed by atoms with Crippen molar-refractivity contribution >= 4 is 5.97 Å². The number of nitrogens with two attached hydrogens (primary N) is 2. The van der Waals surface area contributed by atoms with Crippen molar-refractivity contribution < 1.29 is 9.90 Å². The van der Waals surface area contributed by atoms with Crippen molar-refractivity contribution in [1.82, 2.24) is 5.01 Å². The summed E-state index contributed by atoms with van der Waals surface area (Å²) >= 11 is 0. The standard InChI is InChI=1S/C7H17N3O2/c1-7(6(11)12,10(2)9)4-3-5-8/h3-5,8-9H2,1-2H3,(H,11,12). The predicted octanol–water partition coefficient (Wildman–Crippen LogP) is -0.626. The van der Waals surface area contributed by atoms with Gasteiger partial charge in [-0.3, -0.25) is 10.6 Å². The first-order valence-corrected chi connectivity index (χ1v) is 3.87. The Morgan fingerprint density at radius 3 is 2.42 bits per heavy atom. The van der Waals surface area contributed by atoms with Crippen LogP contribution in [0.2, 0.25) is 0 Å². The number of carboxylic acid groups (broad SMARTS) is 1. The molecule has 0 heterocycles. The van der Waals surface area contributed by atoms with E-state index in [-0.39, 0.29) is 0 Å². The molecule has 0 amide bonds. The highest BCUT2D eigenvalue weighted by atomic mass is 16.4. The zero-order valence-corrected chi connectivity index (χ0v) is 7.58. The molecule has 0 aliphatic carbocycles. The molecule has 5 nitrogen and oxygen atoms in total. The van der Waals surface area contributed by atoms with Gasteiger partial charge in [0.2, 0.25) is 0 Å². The summed E-state index contributed by atoms with van der Waals surface area (Å²) < 4.78 is 0. The Morgan fingerprint density at radius 1 is 1.67 bits per heavy atom. The Bertz CT molecular complexity index is 161. The minimum atomic E-state index is -1.00. The van der Waals surface area contributed by atoms with Gasteiger partial charge in [0.05, 0.1) is 0 Å². The van der Waals surface area contributed by atoms with Crippen LogP contribution in [0.1, 0.15) is 19.8 Å². The molecule has 0 rings (SSSR count). The maximum atomic E-state index is 10.8. The Morgan fingerprint density at radius 2 is 2.17 bits per heavy atom. The lowest BCUT2D eigenvalue weighted by Gasteiger charge is -2.31. The smallest absolute Gasteiger partial charge is 0.325 e. The molecule has 5 heteroatoms. The number of carbonyl (C=O) groups is 1. The topological polar surface area (TPSA) is 92.6 Å². The summed E-state index contributed by atoms with van der Waals surface area (Å²) in [5.41, 5.74) is 4.28. The zero-order valence-electron chi connectivity index (χ0n) is 7.58. The summed E-state index contributed by atoms with van der Waals surface area (Å²) in [4.78, 5) is 10.8. The fourth-order valence-electron chi connectivity index (χ4n) is 0.880. The third kappa shape index (κ3) is 2.44. The lowest BCUT2D eigenvalue weighted by Crippen LogP contribution is -2.54. The fourth-order valence-corrected chi connectivity index (χ4v) is 0.880. The number of aliphatic carboxylic acids is 1. The lowest BCUT2D eigenvalue weighted by atomic mass is 9.95. The Labute approximate surface area is 72.3 Å². The highest BCUT2D eigenvalue weighted by Crippen LogP contribution is 2.16. The molecule has 0 aromatic rings. The van der Waals surface area contributed by atoms with E-state index in [0.717, 1.165) is 0 Å². The van der Waals surface area contributed by atoms with Gasteiger partial charge in [0, 0.05) is 7.05 Å². The first kappa shape index (κ1) is 11.4. The van der Waals surface area contributed by atoms with Gasteiger partial charge in [-0.1, -0.05) is 0 Å². The average molecular weight is 175 g/mol. The molecule has 0 aliphatic heterocycles. The molecule has 1 atom stereocenters. The number of carboxylic acids is 1. The van der Waals surface area contributed by atoms with Crippen molar-refractivity contribution in [2.75, 3.05) is 13.6 Å². The van der Waals surface area contributed by atoms with Crippen LogP contribution in [-0.4, -0.2) is 35.2 Å². The Hall–Kier alpha value is -0.650. The summed E-state index contributed by atoms with van der Waals surface area (Å²) in [5, 5.41) is 10.1. The number of rotatable bonds is 5. The van der Waals surface area contributed by atoms with Gasteiger partial charge >= 0.3 is 5.97 Å². The van der Waals surface area contributed by atoms with Crippen molar-refractivity contribution in [3.63, 3.8) is 0 Å². The van der Waals surface area contributed by atoms with Crippen LogP contribution in [0.15, 0.2) is 0 Å². The van der Waals surface area contributed by atoms with Gasteiger partial charge in [-0.25, -0.2) is 5.01 Å². The molecule has 0 saturated carbocycles. The minimum absolute atomic E-state index is 0.464. The number of hydrogen-bond acceptors (Lipinski definition) is 4. The van der Waals surface area contributed by atoms with Crippen molar-refractivity contribution in [2.45, 2.75) is 25.3 Å². The van der Waals surface area contributed by atoms with Crippen molar-refractivity contribution in [1.29, 1.82) is 0 Å². The predicted molar refractivity (Wildman–Crippen MR) is 46.3 cm³/mol. The van der Waals surface area contributed by atoms with E-state index in [9.17, 15) is 4.79 Å². The monoisotopic (exact) mass is 175 g/mol. The van der Waals surface area contributed by atoms with Crippen LogP contribution >= 0.6 is 0 Å². The summed E-state index contributed by atoms with van der Waals surface area (Å²) in [6.07, 6.45) is 1.12. The first-order valence-electron chi connectivity index (χ1n) is 3.87. The van der Waals surface area contributed by atoms with Crippen molar-refractivity contribution in [2.24, 2.45) is 11.6 Å². The molecule has 0 bridgehead atoms. The van der Waals surface area contributed by atoms with Crippen LogP contribution in [0.5, 0.6) is 0 Å². The Balaban J connectivity index is 4.29. The molecular weight excluding hydrogens is 158 g/mol. The third-order valence-electron chi connectivity index (χ3n) is 2.11. The van der Waals surface area contributed by atoms with Crippen LogP contribution in [-0.2, 0) is 4.79 Å². The van der Waals surface area contributed by atoms with Gasteiger partial charge in [-0.2, -0.15) is 0 Å². The first-order chi connectivity index (χ1) is 5.45. The molecule has 0 radical (unpaired) electrons. The summed E-state index contributed by atoms with van der Waals surface area (Å²) in [7, 11) is 1.55. The maximum absolute atomic E-state index is 10.8. The van der Waals surface area contributed by atoms with Crippen LogP contribution in [0.3, 0.4) is 0 Å². The minimum Gasteiger partial charge on any atom is -0.480 e. The van der Waals surface area contributed by atoms with E-state index in [1.54, 1.807) is 14.0 Å². The fraction of sp³-hybridized carbons (Fsp3) is 0.857. The maximum Gasteiger partial charge on any atom is 0.325 e. The molecule has 0 fully saturated rings. The highest BCUT2D eigenvalue weighted by molar-refractivity contribution is 5.78. The zero-order chi connectivity index (χ0) is 9.78. The molecule has 0 aliphatic rings. The molecule has 5 N–H and O–H groups in total. The quantitative estimate of drug-likeness (QED) is 0.382. The summed E-state index contributed by atoms with van der Waals surface area (Å²) in [6.45, 7) is 2.07. The number of nitrogens with zero attached hydrogens (tertiary/aromatic N) is 1. The highest BCUT2D eigenvalue weighted by Gasteiger charge is 2.35. The second-order valence-corrected chi connectivity index (χ2v) is 3.08. The number of likely N-dealkylation sites (N-methyl/N-ethyl adjacent to an activating group) is 1. The molecular formula is C7H17N3O2. The lowest BCUT2D eigenvalue weighted by molar-refractivity contribution is -0.150. The SMILES string of the molecule is CN(N)C(C)(CCCN)C(=O)O. The molecule has 72 valence electrons. The van der Waals surface area contributed by atoms with Crippen molar-refractivity contribution in [3.05, 3.63) is 0 Å². The van der Waals surface area contributed by atoms with Crippen LogP contribution in [0.25, 0.3) is 0 Å². The average Bonchev–Trinajstić information content (AvgIpc) is 1.99. The van der Waals surface area contributed by atoms with E-state index in [1.165, 1.54) is 5.01 Å². The second kappa shape index (κ2) is 4.39. The Kier molecular flexibility index (Phi) is 4.16. The second-order valence-electron chi connectivity index (χ2n) is 3.08. The summed E-state index contributed by atoms with van der Waals surface area (Å²) in [5.74, 6) is 4.51. The van der Waals surface area contributed by atoms with Crippen LogP contribution in [0.4, 0.5) is 0 Å². The van der Waals surface area contributed by atoms with Gasteiger partial charge < -0.3 is 10.8 Å². The van der Waals surface area contributed by atoms with E-state index in [4.69, 9.17) is 16.7 Å². The number of hydrazine groups is 1. The normalized spacial score (nSPS) is 16.1. The largest absolute Gasteiger partial charge is 0.480 e. The number of hydrogen-bond donors (Lipinski definition) is 3. The molecule has 0 aromatic carbocycles. The molecule has 0 aromatic heterocycles. The van der Waals surface area contributed by atoms with E-state index < -0.39 is 11.5 Å². The van der Waals surface area contributed by atoms with E-state index >= 15 is 0 Å². The molecule has 0 saturated heterocycles. The van der Waals surface area contributed by atoms with Gasteiger partial charge in [0.1, 0.15) is 5.54 Å². The molecule has 1 unspecified atom stereocenters. The van der Waals surface area contributed by atoms with Gasteiger partial charge in [-0.15, -0.1) is 0 Å². The molecule has 12 heavy (non-hydrogen) atoms. The summed E-state index contributed by atoms with van der Waals surface area (Å²) in [6, 6.07) is 0. The van der Waals surface area contributed by atoms with Crippen LogP contribution < -0.4 is 11.6 Å². The third-order valence-corrected chi connectivity index (χ3v) is 2.11. The van der Waals surface area contributed by atoms with Gasteiger partial charge in [0.15, 0.2) is 0 Å². The van der Waals surface area contributed by atoms with E-state index in [1.807, 2.05) is 0 Å². The van der Waals surface area contributed by atoms with Gasteiger partial charge in [-0.05, 0) is 26.3 Å². The van der Waals surface area contributed by atoms with Crippen molar-refractivity contribution in [3.8, 4) is 0 Å². The van der Waals surface area contributed by atoms with E-state index in [2.05, 4.69) is 0 Å². The molecule has 0 spiro atoms. The van der Waals surface area contributed by atoms with E-state index in [0.29, 0.717) is 19.4 Å². The van der Waals surface area contributed by atoms with Gasteiger partial charge in [0.25, 0.3) is 0 Å². The van der Waals surface area contributed by atoms with Crippen LogP contribution in [0, 0.1) is 0 Å².